The number of nitrogens with zero attached hydrogens (tertiary/aromatic N) is 1. The molecule has 2 fully saturated rings. The molecule has 1 saturated carbocycles. The number of allylic oxidation sites excluding steroid dienone is 2. The van der Waals surface area contributed by atoms with Crippen molar-refractivity contribution in [3.05, 3.63) is 25.3 Å². The Morgan fingerprint density at radius 2 is 1.84 bits per heavy atom. The van der Waals surface area contributed by atoms with Crippen LogP contribution in [-0.4, -0.2) is 65.0 Å². The minimum atomic E-state index is -0.959. The zero-order valence-electron chi connectivity index (χ0n) is 24.0. The lowest BCUT2D eigenvalue weighted by molar-refractivity contribution is -0.160. The highest BCUT2D eigenvalue weighted by atomic mass is 16.6. The van der Waals surface area contributed by atoms with Crippen LogP contribution in [0.15, 0.2) is 25.3 Å². The zero-order chi connectivity index (χ0) is 28.8. The molecule has 0 aromatic rings. The first-order chi connectivity index (χ1) is 17.7. The van der Waals surface area contributed by atoms with Crippen LogP contribution in [0.25, 0.3) is 0 Å². The molecule has 8 heteroatoms. The molecule has 0 aromatic carbocycles. The maximum Gasteiger partial charge on any atom is 0.312 e. The number of β-amino-alcohol motifs (C(OH)–C–C–N with tert-alkyl or cyclic N) is 1. The van der Waals surface area contributed by atoms with Crippen LogP contribution in [0.2, 0.25) is 0 Å². The van der Waals surface area contributed by atoms with Crippen LogP contribution >= 0.6 is 0 Å². The smallest absolute Gasteiger partial charge is 0.312 e. The number of carbonyl (C=O) groups excluding carboxylic acids is 4. The Morgan fingerprint density at radius 3 is 2.37 bits per heavy atom. The monoisotopic (exact) mass is 533 g/mol. The lowest BCUT2D eigenvalue weighted by Crippen LogP contribution is -2.47. The molecule has 1 aliphatic carbocycles. The van der Waals surface area contributed by atoms with Crippen LogP contribution in [0.4, 0.5) is 0 Å². The second-order valence-corrected chi connectivity index (χ2v) is 12.3. The zero-order valence-corrected chi connectivity index (χ0v) is 24.0. The highest BCUT2D eigenvalue weighted by Gasteiger charge is 2.61. The number of ketones is 1. The average Bonchev–Trinajstić information content (AvgIpc) is 3.40. The third kappa shape index (κ3) is 8.01. The third-order valence-corrected chi connectivity index (χ3v) is 7.88. The van der Waals surface area contributed by atoms with E-state index in [9.17, 15) is 24.3 Å². The fraction of sp³-hybridized carbons (Fsp3) is 0.733. The number of aliphatic hydroxyl groups is 1. The van der Waals surface area contributed by atoms with Crippen LogP contribution in [0.5, 0.6) is 0 Å². The van der Waals surface area contributed by atoms with Crippen molar-refractivity contribution in [1.82, 2.24) is 4.90 Å². The maximum absolute atomic E-state index is 14.0. The van der Waals surface area contributed by atoms with Crippen molar-refractivity contribution in [3.8, 4) is 0 Å². The summed E-state index contributed by atoms with van der Waals surface area (Å²) >= 11 is 0. The van der Waals surface area contributed by atoms with E-state index in [-0.39, 0.29) is 49.3 Å². The van der Waals surface area contributed by atoms with Crippen molar-refractivity contribution in [3.63, 3.8) is 0 Å². The van der Waals surface area contributed by atoms with Gasteiger partial charge in [-0.05, 0) is 64.2 Å². The van der Waals surface area contributed by atoms with Gasteiger partial charge in [-0.1, -0.05) is 26.0 Å². The second kappa shape index (κ2) is 13.0. The van der Waals surface area contributed by atoms with Crippen LogP contribution in [0, 0.1) is 29.1 Å². The first-order valence-corrected chi connectivity index (χ1v) is 13.7. The lowest BCUT2D eigenvalue weighted by Gasteiger charge is -2.32. The fourth-order valence-corrected chi connectivity index (χ4v) is 5.77. The molecule has 0 bridgehead atoms. The normalized spacial score (nSPS) is 27.1. The number of hydrogen-bond acceptors (Lipinski definition) is 7. The van der Waals surface area contributed by atoms with Gasteiger partial charge in [-0.3, -0.25) is 19.2 Å². The second-order valence-electron chi connectivity index (χ2n) is 12.3. The molecule has 1 unspecified atom stereocenters. The molecular formula is C30H47NO7. The summed E-state index contributed by atoms with van der Waals surface area (Å²) in [5.74, 6) is -2.26. The number of hydrogen-bond donors (Lipinski definition) is 1. The Labute approximate surface area is 227 Å². The Balaban J connectivity index is 2.27. The van der Waals surface area contributed by atoms with Gasteiger partial charge in [0, 0.05) is 19.4 Å². The van der Waals surface area contributed by atoms with Gasteiger partial charge in [0.2, 0.25) is 5.91 Å². The molecule has 38 heavy (non-hydrogen) atoms. The van der Waals surface area contributed by atoms with Gasteiger partial charge >= 0.3 is 11.9 Å². The van der Waals surface area contributed by atoms with Crippen molar-refractivity contribution >= 4 is 23.6 Å². The first-order valence-electron chi connectivity index (χ1n) is 13.7. The summed E-state index contributed by atoms with van der Waals surface area (Å²) in [6.07, 6.45) is 5.54. The minimum Gasteiger partial charge on any atom is -0.469 e. The number of methoxy groups -OCH3 is 1. The number of esters is 2. The van der Waals surface area contributed by atoms with E-state index in [1.165, 1.54) is 12.0 Å². The Morgan fingerprint density at radius 1 is 1.18 bits per heavy atom. The van der Waals surface area contributed by atoms with Crippen LogP contribution in [0.3, 0.4) is 0 Å². The molecule has 8 nitrogen and oxygen atoms in total. The summed E-state index contributed by atoms with van der Waals surface area (Å²) in [4.78, 5) is 54.2. The van der Waals surface area contributed by atoms with Crippen LogP contribution in [0.1, 0.15) is 79.6 Å². The highest BCUT2D eigenvalue weighted by molar-refractivity contribution is 5.95. The van der Waals surface area contributed by atoms with Crippen LogP contribution < -0.4 is 0 Å². The van der Waals surface area contributed by atoms with Crippen molar-refractivity contribution in [2.75, 3.05) is 13.7 Å². The third-order valence-electron chi connectivity index (χ3n) is 7.88. The summed E-state index contributed by atoms with van der Waals surface area (Å²) in [6, 6.07) is -0.864. The van der Waals surface area contributed by atoms with E-state index in [1.807, 2.05) is 13.0 Å². The van der Waals surface area contributed by atoms with Crippen molar-refractivity contribution in [2.24, 2.45) is 29.1 Å². The van der Waals surface area contributed by atoms with E-state index in [1.54, 1.807) is 26.8 Å². The molecular weight excluding hydrogens is 486 g/mol. The molecule has 0 aromatic heterocycles. The topological polar surface area (TPSA) is 110 Å². The fourth-order valence-electron chi connectivity index (χ4n) is 5.77. The maximum atomic E-state index is 14.0. The van der Waals surface area contributed by atoms with Gasteiger partial charge in [-0.15, -0.1) is 13.2 Å². The van der Waals surface area contributed by atoms with Gasteiger partial charge in [0.15, 0.2) is 5.78 Å². The number of Topliss-reactive ketones (excluding diaryl/α,β-unsaturated/α-hetero) is 1. The van der Waals surface area contributed by atoms with Gasteiger partial charge in [0.25, 0.3) is 0 Å². The number of ether oxygens (including phenoxy) is 2. The number of rotatable bonds is 14. The first kappa shape index (κ1) is 31.7. The summed E-state index contributed by atoms with van der Waals surface area (Å²) in [7, 11) is 1.29. The van der Waals surface area contributed by atoms with Crippen molar-refractivity contribution in [1.29, 1.82) is 0 Å². The molecule has 2 aliphatic rings. The molecule has 2 rings (SSSR count). The molecule has 1 heterocycles. The molecule has 214 valence electrons. The Hall–Kier alpha value is -2.48. The summed E-state index contributed by atoms with van der Waals surface area (Å²) in [5.41, 5.74) is -1.65. The summed E-state index contributed by atoms with van der Waals surface area (Å²) in [6.45, 7) is 16.9. The summed E-state index contributed by atoms with van der Waals surface area (Å²) in [5, 5.41) is 10.5. The van der Waals surface area contributed by atoms with Gasteiger partial charge < -0.3 is 19.5 Å². The average molecular weight is 534 g/mol. The molecule has 0 radical (unpaired) electrons. The molecule has 1 N–H and O–H groups in total. The van der Waals surface area contributed by atoms with E-state index in [2.05, 4.69) is 20.1 Å². The van der Waals surface area contributed by atoms with E-state index < -0.39 is 41.0 Å². The largest absolute Gasteiger partial charge is 0.469 e. The SMILES string of the molecule is C=CCCC(C)C[C@@H](C)[C@H](CC(=O)OC(C)(C)C)C(=O)N1C[C@H](O)C[C@H]1C(=O)C[C@]1(C(=O)OC)C[C@H]1C=C. The highest BCUT2D eigenvalue weighted by Crippen LogP contribution is 2.57. The van der Waals surface area contributed by atoms with E-state index in [0.29, 0.717) is 18.8 Å². The number of likely N-dealkylation sites (tertiary alicyclic amines) is 1. The number of carbonyl (C=O) groups is 4. The predicted octanol–water partition coefficient (Wildman–Crippen LogP) is 4.25. The van der Waals surface area contributed by atoms with Crippen molar-refractivity contribution < 1.29 is 33.8 Å². The number of amides is 1. The van der Waals surface area contributed by atoms with Gasteiger partial charge in [0.05, 0.1) is 37.0 Å². The van der Waals surface area contributed by atoms with E-state index in [0.717, 1.165) is 12.8 Å². The van der Waals surface area contributed by atoms with Gasteiger partial charge in [-0.2, -0.15) is 0 Å². The standard InChI is InChI=1S/C30H47NO7/c1-9-11-12-19(3)13-20(4)23(15-26(34)38-29(5,6)7)27(35)31-18-22(32)14-24(31)25(33)17-30(28(36)37-8)16-21(30)10-2/h9-10,19-24,32H,1-2,11-18H2,3-8H3/t19?,20-,21-,22-,23+,24+,30-/m1/s1. The quantitative estimate of drug-likeness (QED) is 0.263. The Bertz CT molecular complexity index is 907. The van der Waals surface area contributed by atoms with Gasteiger partial charge in [-0.25, -0.2) is 0 Å². The summed E-state index contributed by atoms with van der Waals surface area (Å²) < 4.78 is 10.5. The minimum absolute atomic E-state index is 0.00884. The predicted molar refractivity (Wildman–Crippen MR) is 145 cm³/mol. The van der Waals surface area contributed by atoms with E-state index >= 15 is 0 Å². The van der Waals surface area contributed by atoms with E-state index in [4.69, 9.17) is 9.47 Å². The molecule has 7 atom stereocenters. The molecule has 0 spiro atoms. The Kier molecular flexibility index (Phi) is 10.9. The number of aliphatic hydroxyl groups excluding tert-OH is 1. The lowest BCUT2D eigenvalue weighted by atomic mass is 9.82. The van der Waals surface area contributed by atoms with Crippen LogP contribution in [-0.2, 0) is 28.7 Å². The molecule has 1 amide bonds. The molecule has 1 saturated heterocycles. The van der Waals surface area contributed by atoms with Gasteiger partial charge in [0.1, 0.15) is 5.60 Å². The molecule has 1 aliphatic heterocycles. The van der Waals surface area contributed by atoms with Crippen molar-refractivity contribution in [2.45, 2.75) is 97.3 Å².